The molecule has 3 rings (SSSR count). The predicted octanol–water partition coefficient (Wildman–Crippen LogP) is 4.76. The van der Waals surface area contributed by atoms with Gasteiger partial charge in [0.1, 0.15) is 5.75 Å². The fourth-order valence-corrected chi connectivity index (χ4v) is 3.34. The Bertz CT molecular complexity index is 721. The van der Waals surface area contributed by atoms with Gasteiger partial charge in [-0.05, 0) is 35.2 Å². The third-order valence-electron chi connectivity index (χ3n) is 3.77. The van der Waals surface area contributed by atoms with E-state index >= 15 is 0 Å². The van der Waals surface area contributed by atoms with Crippen LogP contribution in [0.25, 0.3) is 10.8 Å². The van der Waals surface area contributed by atoms with Gasteiger partial charge in [-0.2, -0.15) is 0 Å². The highest BCUT2D eigenvalue weighted by Crippen LogP contribution is 2.28. The van der Waals surface area contributed by atoms with E-state index in [4.69, 9.17) is 4.74 Å². The highest BCUT2D eigenvalue weighted by Gasteiger charge is 2.11. The number of fused-ring (bicyclic) bond motifs is 1. The molecule has 0 bridgehead atoms. The Balaban J connectivity index is 1.88. The molecular formula is C18H19NOS. The minimum absolute atomic E-state index is 0.341. The normalized spacial score (nSPS) is 12.5. The first-order valence-electron chi connectivity index (χ1n) is 7.11. The van der Waals surface area contributed by atoms with Crippen molar-refractivity contribution in [2.75, 3.05) is 7.11 Å². The summed E-state index contributed by atoms with van der Waals surface area (Å²) in [5.74, 6) is 0.944. The maximum Gasteiger partial charge on any atom is 0.123 e. The Kier molecular flexibility index (Phi) is 4.23. The maximum absolute atomic E-state index is 5.54. The van der Waals surface area contributed by atoms with Crippen LogP contribution in [0.1, 0.15) is 23.4 Å². The lowest BCUT2D eigenvalue weighted by Gasteiger charge is -2.16. The fourth-order valence-electron chi connectivity index (χ4n) is 2.58. The van der Waals surface area contributed by atoms with Crippen molar-refractivity contribution in [1.29, 1.82) is 0 Å². The van der Waals surface area contributed by atoms with E-state index in [0.29, 0.717) is 6.04 Å². The van der Waals surface area contributed by atoms with Crippen molar-refractivity contribution < 1.29 is 4.74 Å². The van der Waals surface area contributed by atoms with Crippen LogP contribution >= 0.6 is 11.3 Å². The number of nitrogens with one attached hydrogen (secondary N) is 1. The molecule has 0 radical (unpaired) electrons. The van der Waals surface area contributed by atoms with Gasteiger partial charge >= 0.3 is 0 Å². The van der Waals surface area contributed by atoms with Gasteiger partial charge in [-0.15, -0.1) is 11.3 Å². The number of hydrogen-bond acceptors (Lipinski definition) is 3. The summed E-state index contributed by atoms with van der Waals surface area (Å²) >= 11 is 1.79. The zero-order valence-electron chi connectivity index (χ0n) is 12.3. The van der Waals surface area contributed by atoms with Gasteiger partial charge in [0.05, 0.1) is 7.11 Å². The topological polar surface area (TPSA) is 21.3 Å². The van der Waals surface area contributed by atoms with E-state index < -0.39 is 0 Å². The summed E-state index contributed by atoms with van der Waals surface area (Å²) in [4.78, 5) is 1.36. The first-order chi connectivity index (χ1) is 10.3. The molecule has 2 aromatic carbocycles. The van der Waals surface area contributed by atoms with Crippen LogP contribution in [0.3, 0.4) is 0 Å². The van der Waals surface area contributed by atoms with Gasteiger partial charge in [0.25, 0.3) is 0 Å². The molecule has 0 fully saturated rings. The third kappa shape index (κ3) is 2.94. The van der Waals surface area contributed by atoms with E-state index in [1.54, 1.807) is 18.4 Å². The summed E-state index contributed by atoms with van der Waals surface area (Å²) in [6, 6.07) is 17.2. The zero-order valence-corrected chi connectivity index (χ0v) is 13.1. The predicted molar refractivity (Wildman–Crippen MR) is 90.1 cm³/mol. The van der Waals surface area contributed by atoms with Crippen molar-refractivity contribution in [2.24, 2.45) is 0 Å². The third-order valence-corrected chi connectivity index (χ3v) is 4.83. The molecule has 1 heterocycles. The van der Waals surface area contributed by atoms with E-state index in [-0.39, 0.29) is 0 Å². The number of hydrogen-bond donors (Lipinski definition) is 1. The molecule has 3 aromatic rings. The Morgan fingerprint density at radius 3 is 2.71 bits per heavy atom. The molecule has 0 unspecified atom stereocenters. The first-order valence-corrected chi connectivity index (χ1v) is 7.99. The van der Waals surface area contributed by atoms with Crippen molar-refractivity contribution in [3.05, 3.63) is 64.4 Å². The Morgan fingerprint density at radius 2 is 1.95 bits per heavy atom. The largest absolute Gasteiger partial charge is 0.496 e. The molecule has 0 spiro atoms. The summed E-state index contributed by atoms with van der Waals surface area (Å²) in [5.41, 5.74) is 1.22. The fraction of sp³-hybridized carbons (Fsp3) is 0.222. The van der Waals surface area contributed by atoms with Crippen LogP contribution < -0.4 is 10.1 Å². The summed E-state index contributed by atoms with van der Waals surface area (Å²) in [7, 11) is 1.73. The summed E-state index contributed by atoms with van der Waals surface area (Å²) in [6.45, 7) is 2.99. The molecule has 3 heteroatoms. The van der Waals surface area contributed by atoms with Crippen molar-refractivity contribution in [3.63, 3.8) is 0 Å². The molecule has 2 nitrogen and oxygen atoms in total. The lowest BCUT2D eigenvalue weighted by molar-refractivity contribution is 0.407. The quantitative estimate of drug-likeness (QED) is 0.733. The van der Waals surface area contributed by atoms with E-state index in [0.717, 1.165) is 12.3 Å². The van der Waals surface area contributed by atoms with Crippen LogP contribution in [0, 0.1) is 0 Å². The van der Waals surface area contributed by atoms with Gasteiger partial charge in [0.15, 0.2) is 0 Å². The first kappa shape index (κ1) is 14.1. The van der Waals surface area contributed by atoms with Gasteiger partial charge in [-0.25, -0.2) is 0 Å². The number of rotatable bonds is 5. The Labute approximate surface area is 129 Å². The van der Waals surface area contributed by atoms with Gasteiger partial charge in [0.2, 0.25) is 0 Å². The van der Waals surface area contributed by atoms with E-state index in [1.165, 1.54) is 21.2 Å². The van der Waals surface area contributed by atoms with Crippen molar-refractivity contribution >= 4 is 22.1 Å². The van der Waals surface area contributed by atoms with Gasteiger partial charge in [-0.1, -0.05) is 36.4 Å². The highest BCUT2D eigenvalue weighted by molar-refractivity contribution is 7.10. The van der Waals surface area contributed by atoms with Crippen molar-refractivity contribution in [3.8, 4) is 5.75 Å². The average molecular weight is 297 g/mol. The van der Waals surface area contributed by atoms with E-state index in [2.05, 4.69) is 66.2 Å². The number of ether oxygens (including phenoxy) is 1. The molecule has 21 heavy (non-hydrogen) atoms. The lowest BCUT2D eigenvalue weighted by atomic mass is 10.0. The average Bonchev–Trinajstić information content (AvgIpc) is 3.06. The van der Waals surface area contributed by atoms with Crippen molar-refractivity contribution in [2.45, 2.75) is 19.5 Å². The smallest absolute Gasteiger partial charge is 0.123 e. The summed E-state index contributed by atoms with van der Waals surface area (Å²) in [5, 5.41) is 8.22. The summed E-state index contributed by atoms with van der Waals surface area (Å²) < 4.78 is 5.54. The van der Waals surface area contributed by atoms with Crippen LogP contribution in [0.5, 0.6) is 5.75 Å². The Hall–Kier alpha value is -1.84. The molecule has 0 saturated carbocycles. The minimum Gasteiger partial charge on any atom is -0.496 e. The van der Waals surface area contributed by atoms with Crippen LogP contribution in [-0.2, 0) is 6.54 Å². The van der Waals surface area contributed by atoms with Crippen LogP contribution in [-0.4, -0.2) is 7.11 Å². The minimum atomic E-state index is 0.341. The molecule has 108 valence electrons. The lowest BCUT2D eigenvalue weighted by Crippen LogP contribution is -2.17. The Morgan fingerprint density at radius 1 is 1.10 bits per heavy atom. The monoisotopic (exact) mass is 297 g/mol. The number of benzene rings is 2. The molecule has 0 amide bonds. The van der Waals surface area contributed by atoms with E-state index in [9.17, 15) is 0 Å². The van der Waals surface area contributed by atoms with Crippen molar-refractivity contribution in [1.82, 2.24) is 5.32 Å². The van der Waals surface area contributed by atoms with Crippen LogP contribution in [0.2, 0.25) is 0 Å². The maximum atomic E-state index is 5.54. The second kappa shape index (κ2) is 6.29. The molecule has 1 atom stereocenters. The van der Waals surface area contributed by atoms with E-state index in [1.807, 2.05) is 0 Å². The van der Waals surface area contributed by atoms with Gasteiger partial charge in [-0.3, -0.25) is 0 Å². The molecule has 0 aliphatic rings. The number of thiophene rings is 1. The molecule has 0 aliphatic carbocycles. The molecule has 1 N–H and O–H groups in total. The standard InChI is InChI=1S/C18H19NOS/c1-13(18-8-5-11-21-18)19-12-16-15-7-4-3-6-14(15)9-10-17(16)20-2/h3-11,13,19H,12H2,1-2H3/t13-/m0/s1. The molecular weight excluding hydrogens is 278 g/mol. The molecule has 0 aliphatic heterocycles. The second-order valence-electron chi connectivity index (χ2n) is 5.09. The second-order valence-corrected chi connectivity index (χ2v) is 6.06. The van der Waals surface area contributed by atoms with Crippen LogP contribution in [0.4, 0.5) is 0 Å². The number of methoxy groups -OCH3 is 1. The van der Waals surface area contributed by atoms with Gasteiger partial charge in [0, 0.05) is 23.0 Å². The van der Waals surface area contributed by atoms with Gasteiger partial charge < -0.3 is 10.1 Å². The molecule has 0 saturated heterocycles. The molecule has 1 aromatic heterocycles. The summed E-state index contributed by atoms with van der Waals surface area (Å²) in [6.07, 6.45) is 0. The zero-order chi connectivity index (χ0) is 14.7. The highest BCUT2D eigenvalue weighted by atomic mass is 32.1. The SMILES string of the molecule is COc1ccc2ccccc2c1CN[C@@H](C)c1cccs1. The van der Waals surface area contributed by atoms with Crippen LogP contribution in [0.15, 0.2) is 53.9 Å².